The number of ether oxygens (including phenoxy) is 1. The number of azide groups is 1. The average molecular weight is 184 g/mol. The molecule has 1 saturated heterocycles. The van der Waals surface area contributed by atoms with E-state index in [-0.39, 0.29) is 0 Å². The monoisotopic (exact) mass is 184 g/mol. The molecule has 1 unspecified atom stereocenters. The van der Waals surface area contributed by atoms with Crippen molar-refractivity contribution in [1.82, 2.24) is 4.90 Å². The Kier molecular flexibility index (Phi) is 4.60. The molecule has 1 rings (SSSR count). The lowest BCUT2D eigenvalue weighted by Gasteiger charge is -2.19. The molecular weight excluding hydrogens is 168 g/mol. The summed E-state index contributed by atoms with van der Waals surface area (Å²) in [5, 5.41) is 3.48. The van der Waals surface area contributed by atoms with E-state index in [9.17, 15) is 0 Å². The fourth-order valence-corrected chi connectivity index (χ4v) is 1.49. The van der Waals surface area contributed by atoms with Crippen LogP contribution in [0.15, 0.2) is 5.11 Å². The van der Waals surface area contributed by atoms with Gasteiger partial charge in [0.05, 0.1) is 6.10 Å². The Labute approximate surface area is 78.3 Å². The van der Waals surface area contributed by atoms with E-state index < -0.39 is 0 Å². The first-order valence-electron chi connectivity index (χ1n) is 4.64. The molecule has 74 valence electrons. The molecule has 5 heteroatoms. The Morgan fingerprint density at radius 3 is 3.15 bits per heavy atom. The van der Waals surface area contributed by atoms with Crippen LogP contribution in [-0.4, -0.2) is 44.3 Å². The molecule has 0 aromatic carbocycles. The first-order valence-corrected chi connectivity index (χ1v) is 4.64. The third-order valence-corrected chi connectivity index (χ3v) is 2.18. The maximum atomic E-state index is 8.08. The number of hydrogen-bond donors (Lipinski definition) is 0. The van der Waals surface area contributed by atoms with E-state index in [0.717, 1.165) is 26.1 Å². The third kappa shape index (κ3) is 4.12. The second-order valence-corrected chi connectivity index (χ2v) is 3.35. The number of hydrogen-bond acceptors (Lipinski definition) is 3. The van der Waals surface area contributed by atoms with E-state index in [4.69, 9.17) is 10.3 Å². The van der Waals surface area contributed by atoms with Crippen molar-refractivity contribution >= 4 is 0 Å². The van der Waals surface area contributed by atoms with Crippen molar-refractivity contribution in [2.45, 2.75) is 18.9 Å². The summed E-state index contributed by atoms with van der Waals surface area (Å²) in [6.07, 6.45) is 2.72. The highest BCUT2D eigenvalue weighted by Gasteiger charge is 2.16. The Balaban J connectivity index is 2.08. The molecule has 0 aromatic rings. The van der Waals surface area contributed by atoms with Gasteiger partial charge in [0, 0.05) is 31.2 Å². The molecule has 1 heterocycles. The van der Waals surface area contributed by atoms with Crippen LogP contribution in [0, 0.1) is 0 Å². The van der Waals surface area contributed by atoms with Crippen molar-refractivity contribution in [3.05, 3.63) is 10.4 Å². The summed E-state index contributed by atoms with van der Waals surface area (Å²) in [6.45, 7) is 3.19. The van der Waals surface area contributed by atoms with Crippen molar-refractivity contribution in [3.63, 3.8) is 0 Å². The predicted molar refractivity (Wildman–Crippen MR) is 50.5 cm³/mol. The van der Waals surface area contributed by atoms with Gasteiger partial charge < -0.3 is 9.64 Å². The summed E-state index contributed by atoms with van der Waals surface area (Å²) in [4.78, 5) is 4.85. The second kappa shape index (κ2) is 5.80. The van der Waals surface area contributed by atoms with Gasteiger partial charge in [0.1, 0.15) is 0 Å². The largest absolute Gasteiger partial charge is 0.377 e. The maximum absolute atomic E-state index is 8.08. The van der Waals surface area contributed by atoms with Crippen LogP contribution < -0.4 is 0 Å². The zero-order chi connectivity index (χ0) is 9.52. The number of nitrogens with zero attached hydrogens (tertiary/aromatic N) is 4. The summed E-state index contributed by atoms with van der Waals surface area (Å²) in [5.41, 5.74) is 8.08. The zero-order valence-electron chi connectivity index (χ0n) is 8.02. The molecule has 0 aliphatic carbocycles. The first-order chi connectivity index (χ1) is 6.33. The fourth-order valence-electron chi connectivity index (χ4n) is 1.49. The molecule has 0 aromatic heterocycles. The van der Waals surface area contributed by atoms with Crippen molar-refractivity contribution in [3.8, 4) is 0 Å². The summed E-state index contributed by atoms with van der Waals surface area (Å²) < 4.78 is 5.48. The van der Waals surface area contributed by atoms with Crippen LogP contribution >= 0.6 is 0 Å². The first kappa shape index (κ1) is 10.3. The molecule has 1 aliphatic rings. The normalized spacial score (nSPS) is 21.8. The standard InChI is InChI=1S/C8H16N4O/c1-12(5-4-10-11-9)7-8-3-2-6-13-8/h8H,2-7H2,1H3. The van der Waals surface area contributed by atoms with Gasteiger partial charge in [-0.1, -0.05) is 5.11 Å². The Hall–Kier alpha value is -0.770. The molecule has 5 nitrogen and oxygen atoms in total. The van der Waals surface area contributed by atoms with Crippen molar-refractivity contribution in [1.29, 1.82) is 0 Å². The molecule has 1 fully saturated rings. The van der Waals surface area contributed by atoms with E-state index in [0.29, 0.717) is 12.6 Å². The molecule has 0 radical (unpaired) electrons. The average Bonchev–Trinajstić information content (AvgIpc) is 2.57. The molecule has 1 atom stereocenters. The lowest BCUT2D eigenvalue weighted by molar-refractivity contribution is 0.0821. The van der Waals surface area contributed by atoms with Crippen LogP contribution in [0.25, 0.3) is 10.4 Å². The van der Waals surface area contributed by atoms with Gasteiger partial charge in [-0.2, -0.15) is 0 Å². The van der Waals surface area contributed by atoms with E-state index in [1.165, 1.54) is 6.42 Å². The maximum Gasteiger partial charge on any atom is 0.0702 e. The zero-order valence-corrected chi connectivity index (χ0v) is 8.02. The van der Waals surface area contributed by atoms with Crippen LogP contribution in [0.3, 0.4) is 0 Å². The highest BCUT2D eigenvalue weighted by Crippen LogP contribution is 2.12. The smallest absolute Gasteiger partial charge is 0.0702 e. The molecule has 0 bridgehead atoms. The quantitative estimate of drug-likeness (QED) is 0.368. The van der Waals surface area contributed by atoms with E-state index in [1.807, 2.05) is 7.05 Å². The predicted octanol–water partition coefficient (Wildman–Crippen LogP) is 1.41. The second-order valence-electron chi connectivity index (χ2n) is 3.35. The van der Waals surface area contributed by atoms with Crippen molar-refractivity contribution in [2.24, 2.45) is 5.11 Å². The summed E-state index contributed by atoms with van der Waals surface area (Å²) in [5.74, 6) is 0. The molecular formula is C8H16N4O. The minimum Gasteiger partial charge on any atom is -0.377 e. The highest BCUT2D eigenvalue weighted by molar-refractivity contribution is 4.68. The van der Waals surface area contributed by atoms with Crippen LogP contribution in [0.5, 0.6) is 0 Å². The van der Waals surface area contributed by atoms with Gasteiger partial charge in [-0.15, -0.1) is 0 Å². The van der Waals surface area contributed by atoms with Gasteiger partial charge in [-0.3, -0.25) is 0 Å². The van der Waals surface area contributed by atoms with Gasteiger partial charge in [-0.25, -0.2) is 0 Å². The van der Waals surface area contributed by atoms with Crippen molar-refractivity contribution < 1.29 is 4.74 Å². The van der Waals surface area contributed by atoms with Gasteiger partial charge in [-0.05, 0) is 25.4 Å². The minimum absolute atomic E-state index is 0.385. The summed E-state index contributed by atoms with van der Waals surface area (Å²) in [7, 11) is 2.02. The SMILES string of the molecule is CN(CCN=[N+]=[N-])CC1CCCO1. The van der Waals surface area contributed by atoms with Gasteiger partial charge in [0.25, 0.3) is 0 Å². The van der Waals surface area contributed by atoms with E-state index in [2.05, 4.69) is 14.9 Å². The lowest BCUT2D eigenvalue weighted by Crippen LogP contribution is -2.30. The number of rotatable bonds is 5. The summed E-state index contributed by atoms with van der Waals surface area (Å²) >= 11 is 0. The molecule has 13 heavy (non-hydrogen) atoms. The molecule has 0 spiro atoms. The van der Waals surface area contributed by atoms with Crippen LogP contribution in [0.4, 0.5) is 0 Å². The number of likely N-dealkylation sites (N-methyl/N-ethyl adjacent to an activating group) is 1. The van der Waals surface area contributed by atoms with Crippen LogP contribution in [-0.2, 0) is 4.74 Å². The molecule has 0 amide bonds. The lowest BCUT2D eigenvalue weighted by atomic mass is 10.2. The molecule has 0 saturated carbocycles. The van der Waals surface area contributed by atoms with E-state index in [1.54, 1.807) is 0 Å². The van der Waals surface area contributed by atoms with Gasteiger partial charge in [0.2, 0.25) is 0 Å². The third-order valence-electron chi connectivity index (χ3n) is 2.18. The van der Waals surface area contributed by atoms with Crippen LogP contribution in [0.2, 0.25) is 0 Å². The Morgan fingerprint density at radius 2 is 2.54 bits per heavy atom. The highest BCUT2D eigenvalue weighted by atomic mass is 16.5. The fraction of sp³-hybridized carbons (Fsp3) is 1.00. The summed E-state index contributed by atoms with van der Waals surface area (Å²) in [6, 6.07) is 0. The minimum atomic E-state index is 0.385. The molecule has 0 N–H and O–H groups in total. The van der Waals surface area contributed by atoms with Crippen molar-refractivity contribution in [2.75, 3.05) is 33.3 Å². The Bertz CT molecular complexity index is 185. The van der Waals surface area contributed by atoms with Gasteiger partial charge >= 0.3 is 0 Å². The van der Waals surface area contributed by atoms with Gasteiger partial charge in [0.15, 0.2) is 0 Å². The Morgan fingerprint density at radius 1 is 1.69 bits per heavy atom. The topological polar surface area (TPSA) is 61.2 Å². The van der Waals surface area contributed by atoms with E-state index >= 15 is 0 Å². The molecule has 1 aliphatic heterocycles. The van der Waals surface area contributed by atoms with Crippen LogP contribution in [0.1, 0.15) is 12.8 Å².